The van der Waals surface area contributed by atoms with Gasteiger partial charge in [0.15, 0.2) is 0 Å². The Balaban J connectivity index is 1.89. The molecule has 0 spiro atoms. The van der Waals surface area contributed by atoms with E-state index in [1.165, 1.54) is 37.8 Å². The van der Waals surface area contributed by atoms with Crippen molar-refractivity contribution in [2.75, 3.05) is 6.54 Å². The number of benzene rings is 1. The van der Waals surface area contributed by atoms with Gasteiger partial charge in [-0.2, -0.15) is 0 Å². The van der Waals surface area contributed by atoms with Crippen LogP contribution in [0, 0.1) is 0 Å². The smallest absolute Gasteiger partial charge is 0.238 e. The SMILES string of the molecule is CCCCN(Cc1ccc(CC(=O)NN)cc1)C1CC1. The molecule has 2 rings (SSSR count). The van der Waals surface area contributed by atoms with Crippen LogP contribution in [0.5, 0.6) is 0 Å². The number of carbonyl (C=O) groups is 1. The highest BCUT2D eigenvalue weighted by atomic mass is 16.2. The first kappa shape index (κ1) is 15.0. The van der Waals surface area contributed by atoms with Crippen LogP contribution in [0.1, 0.15) is 43.7 Å². The Bertz CT molecular complexity index is 426. The Hall–Kier alpha value is -1.39. The molecule has 1 aromatic carbocycles. The Morgan fingerprint density at radius 3 is 2.50 bits per heavy atom. The van der Waals surface area contributed by atoms with Crippen molar-refractivity contribution >= 4 is 5.91 Å². The first-order valence-electron chi connectivity index (χ1n) is 7.54. The molecule has 3 N–H and O–H groups in total. The molecule has 0 aliphatic heterocycles. The third-order valence-electron chi connectivity index (χ3n) is 3.80. The second-order valence-corrected chi connectivity index (χ2v) is 5.62. The van der Waals surface area contributed by atoms with Crippen LogP contribution in [-0.2, 0) is 17.8 Å². The number of hydrazine groups is 1. The summed E-state index contributed by atoms with van der Waals surface area (Å²) in [5, 5.41) is 0. The van der Waals surface area contributed by atoms with Crippen molar-refractivity contribution in [3.05, 3.63) is 35.4 Å². The van der Waals surface area contributed by atoms with Crippen LogP contribution in [0.4, 0.5) is 0 Å². The van der Waals surface area contributed by atoms with Crippen LogP contribution in [0.2, 0.25) is 0 Å². The number of nitrogens with one attached hydrogen (secondary N) is 1. The molecule has 1 aliphatic carbocycles. The first-order chi connectivity index (χ1) is 9.72. The molecule has 4 nitrogen and oxygen atoms in total. The van der Waals surface area contributed by atoms with Gasteiger partial charge in [-0.3, -0.25) is 15.1 Å². The normalized spacial score (nSPS) is 14.6. The van der Waals surface area contributed by atoms with E-state index < -0.39 is 0 Å². The molecule has 0 unspecified atom stereocenters. The van der Waals surface area contributed by atoms with Crippen LogP contribution in [0.25, 0.3) is 0 Å². The lowest BCUT2D eigenvalue weighted by molar-refractivity contribution is -0.120. The predicted octanol–water partition coefficient (Wildman–Crippen LogP) is 1.98. The molecule has 1 fully saturated rings. The van der Waals surface area contributed by atoms with Gasteiger partial charge in [0.1, 0.15) is 0 Å². The van der Waals surface area contributed by atoms with Gasteiger partial charge in [-0.15, -0.1) is 0 Å². The van der Waals surface area contributed by atoms with Crippen molar-refractivity contribution in [1.82, 2.24) is 10.3 Å². The summed E-state index contributed by atoms with van der Waals surface area (Å²) in [6, 6.07) is 9.09. The minimum Gasteiger partial charge on any atom is -0.296 e. The maximum absolute atomic E-state index is 11.2. The molecule has 0 saturated heterocycles. The van der Waals surface area contributed by atoms with Gasteiger partial charge in [0, 0.05) is 12.6 Å². The van der Waals surface area contributed by atoms with Crippen LogP contribution < -0.4 is 11.3 Å². The minimum absolute atomic E-state index is 0.152. The molecular weight excluding hydrogens is 250 g/mol. The Morgan fingerprint density at radius 1 is 1.30 bits per heavy atom. The van der Waals surface area contributed by atoms with Gasteiger partial charge in [-0.1, -0.05) is 37.6 Å². The monoisotopic (exact) mass is 275 g/mol. The third kappa shape index (κ3) is 4.62. The van der Waals surface area contributed by atoms with E-state index in [9.17, 15) is 4.79 Å². The summed E-state index contributed by atoms with van der Waals surface area (Å²) in [5.74, 6) is 4.94. The number of unbranched alkanes of at least 4 members (excludes halogenated alkanes) is 1. The zero-order chi connectivity index (χ0) is 14.4. The van der Waals surface area contributed by atoms with E-state index in [1.54, 1.807) is 0 Å². The third-order valence-corrected chi connectivity index (χ3v) is 3.80. The second kappa shape index (κ2) is 7.41. The standard InChI is InChI=1S/C16H25N3O/c1-2-3-10-19(15-8-9-15)12-14-6-4-13(5-7-14)11-16(20)18-17/h4-7,15H,2-3,8-12,17H2,1H3,(H,18,20). The van der Waals surface area contributed by atoms with Gasteiger partial charge in [0.2, 0.25) is 5.91 Å². The summed E-state index contributed by atoms with van der Waals surface area (Å²) in [5.41, 5.74) is 4.49. The zero-order valence-electron chi connectivity index (χ0n) is 12.3. The summed E-state index contributed by atoms with van der Waals surface area (Å²) in [6.45, 7) is 4.45. The summed E-state index contributed by atoms with van der Waals surface area (Å²) < 4.78 is 0. The number of rotatable bonds is 8. The molecule has 1 amide bonds. The van der Waals surface area contributed by atoms with E-state index in [0.717, 1.165) is 18.2 Å². The van der Waals surface area contributed by atoms with E-state index in [0.29, 0.717) is 6.42 Å². The molecule has 1 aliphatic rings. The van der Waals surface area contributed by atoms with E-state index in [2.05, 4.69) is 29.4 Å². The first-order valence-corrected chi connectivity index (χ1v) is 7.54. The average Bonchev–Trinajstić information content (AvgIpc) is 3.29. The number of hydrogen-bond acceptors (Lipinski definition) is 3. The summed E-state index contributed by atoms with van der Waals surface area (Å²) in [4.78, 5) is 13.8. The second-order valence-electron chi connectivity index (χ2n) is 5.62. The number of nitrogens with zero attached hydrogens (tertiary/aromatic N) is 1. The summed E-state index contributed by atoms with van der Waals surface area (Å²) in [6.07, 6.45) is 5.55. The van der Waals surface area contributed by atoms with Gasteiger partial charge in [0.05, 0.1) is 6.42 Å². The van der Waals surface area contributed by atoms with Crippen molar-refractivity contribution < 1.29 is 4.79 Å². The van der Waals surface area contributed by atoms with Crippen molar-refractivity contribution in [3.63, 3.8) is 0 Å². The van der Waals surface area contributed by atoms with Crippen molar-refractivity contribution in [2.24, 2.45) is 5.84 Å². The van der Waals surface area contributed by atoms with Gasteiger partial charge < -0.3 is 0 Å². The van der Waals surface area contributed by atoms with E-state index in [-0.39, 0.29) is 5.91 Å². The highest BCUT2D eigenvalue weighted by Gasteiger charge is 2.28. The lowest BCUT2D eigenvalue weighted by Crippen LogP contribution is -2.31. The molecule has 0 aromatic heterocycles. The fourth-order valence-corrected chi connectivity index (χ4v) is 2.43. The van der Waals surface area contributed by atoms with Gasteiger partial charge >= 0.3 is 0 Å². The van der Waals surface area contributed by atoms with E-state index in [1.807, 2.05) is 12.1 Å². The number of amides is 1. The molecule has 4 heteroatoms. The molecule has 1 saturated carbocycles. The summed E-state index contributed by atoms with van der Waals surface area (Å²) in [7, 11) is 0. The highest BCUT2D eigenvalue weighted by molar-refractivity contribution is 5.77. The van der Waals surface area contributed by atoms with Crippen molar-refractivity contribution in [1.29, 1.82) is 0 Å². The van der Waals surface area contributed by atoms with Crippen LogP contribution in [0.15, 0.2) is 24.3 Å². The molecule has 0 heterocycles. The van der Waals surface area contributed by atoms with Crippen LogP contribution >= 0.6 is 0 Å². The van der Waals surface area contributed by atoms with Gasteiger partial charge in [-0.05, 0) is 36.9 Å². The summed E-state index contributed by atoms with van der Waals surface area (Å²) >= 11 is 0. The molecule has 1 aromatic rings. The van der Waals surface area contributed by atoms with Crippen molar-refractivity contribution in [3.8, 4) is 0 Å². The largest absolute Gasteiger partial charge is 0.296 e. The molecule has 110 valence electrons. The van der Waals surface area contributed by atoms with Crippen molar-refractivity contribution in [2.45, 2.75) is 51.6 Å². The maximum atomic E-state index is 11.2. The van der Waals surface area contributed by atoms with Crippen LogP contribution in [-0.4, -0.2) is 23.4 Å². The van der Waals surface area contributed by atoms with E-state index >= 15 is 0 Å². The maximum Gasteiger partial charge on any atom is 0.238 e. The zero-order valence-corrected chi connectivity index (χ0v) is 12.3. The Labute approximate surface area is 121 Å². The van der Waals surface area contributed by atoms with Gasteiger partial charge in [-0.25, -0.2) is 5.84 Å². The number of hydrogen-bond donors (Lipinski definition) is 2. The topological polar surface area (TPSA) is 58.4 Å². The molecule has 0 bridgehead atoms. The number of nitrogens with two attached hydrogens (primary N) is 1. The number of carbonyl (C=O) groups excluding carboxylic acids is 1. The minimum atomic E-state index is -0.152. The molecular formula is C16H25N3O. The lowest BCUT2D eigenvalue weighted by atomic mass is 10.1. The van der Waals surface area contributed by atoms with E-state index in [4.69, 9.17) is 5.84 Å². The Kier molecular flexibility index (Phi) is 5.56. The molecule has 20 heavy (non-hydrogen) atoms. The molecule has 0 radical (unpaired) electrons. The fraction of sp³-hybridized carbons (Fsp3) is 0.562. The van der Waals surface area contributed by atoms with Gasteiger partial charge in [0.25, 0.3) is 0 Å². The van der Waals surface area contributed by atoms with Crippen LogP contribution in [0.3, 0.4) is 0 Å². The quantitative estimate of drug-likeness (QED) is 0.433. The highest BCUT2D eigenvalue weighted by Crippen LogP contribution is 2.28. The fourth-order valence-electron chi connectivity index (χ4n) is 2.43. The lowest BCUT2D eigenvalue weighted by Gasteiger charge is -2.21. The predicted molar refractivity (Wildman–Crippen MR) is 80.8 cm³/mol. The average molecular weight is 275 g/mol. The Morgan fingerprint density at radius 2 is 1.95 bits per heavy atom. The molecule has 0 atom stereocenters.